The highest BCUT2D eigenvalue weighted by Gasteiger charge is 2.31. The molecule has 5 heteroatoms. The second kappa shape index (κ2) is 3.18. The van der Waals surface area contributed by atoms with Gasteiger partial charge in [-0.05, 0) is 0 Å². The van der Waals surface area contributed by atoms with Crippen molar-refractivity contribution in [2.45, 2.75) is 19.6 Å². The predicted molar refractivity (Wildman–Crippen MR) is 41.8 cm³/mol. The van der Waals surface area contributed by atoms with Crippen LogP contribution in [0.4, 0.5) is 0 Å². The molecule has 0 aromatic rings. The molecule has 1 rings (SSSR count). The lowest BCUT2D eigenvalue weighted by atomic mass is 10.2. The Morgan fingerprint density at radius 2 is 2.23 bits per heavy atom. The molecule has 1 aliphatic heterocycles. The number of ether oxygens (including phenoxy) is 2. The van der Waals surface area contributed by atoms with E-state index in [0.29, 0.717) is 0 Å². The molecule has 0 atom stereocenters. The zero-order valence-corrected chi connectivity index (χ0v) is 7.36. The summed E-state index contributed by atoms with van der Waals surface area (Å²) < 4.78 is 9.99. The second-order valence-electron chi connectivity index (χ2n) is 3.06. The number of ketones is 1. The zero-order chi connectivity index (χ0) is 10.1. The van der Waals surface area contributed by atoms with Crippen molar-refractivity contribution < 1.29 is 24.2 Å². The third kappa shape index (κ3) is 2.55. The third-order valence-electron chi connectivity index (χ3n) is 1.44. The summed E-state index contributed by atoms with van der Waals surface area (Å²) in [7, 11) is 0. The van der Waals surface area contributed by atoms with Gasteiger partial charge in [0.2, 0.25) is 11.6 Å². The first-order valence-corrected chi connectivity index (χ1v) is 3.71. The first kappa shape index (κ1) is 9.73. The van der Waals surface area contributed by atoms with Crippen LogP contribution >= 0.6 is 0 Å². The highest BCUT2D eigenvalue weighted by molar-refractivity contribution is 5.99. The molecule has 0 aromatic carbocycles. The summed E-state index contributed by atoms with van der Waals surface area (Å²) in [5.74, 6) is -2.76. The topological polar surface area (TPSA) is 72.8 Å². The van der Waals surface area contributed by atoms with Gasteiger partial charge in [0, 0.05) is 13.8 Å². The lowest BCUT2D eigenvalue weighted by molar-refractivity contribution is -0.213. The van der Waals surface area contributed by atoms with Gasteiger partial charge in [0.25, 0.3) is 0 Å². The highest BCUT2D eigenvalue weighted by atomic mass is 16.7. The minimum absolute atomic E-state index is 0.147. The van der Waals surface area contributed by atoms with Crippen molar-refractivity contribution in [3.8, 4) is 0 Å². The van der Waals surface area contributed by atoms with Crippen LogP contribution in [0, 0.1) is 0 Å². The van der Waals surface area contributed by atoms with Crippen molar-refractivity contribution in [1.82, 2.24) is 0 Å². The van der Waals surface area contributed by atoms with Crippen LogP contribution in [0.5, 0.6) is 0 Å². The number of hydrogen-bond acceptors (Lipinski definition) is 4. The summed E-state index contributed by atoms with van der Waals surface area (Å²) >= 11 is 0. The Morgan fingerprint density at radius 3 is 2.77 bits per heavy atom. The van der Waals surface area contributed by atoms with Crippen LogP contribution in [0.25, 0.3) is 0 Å². The van der Waals surface area contributed by atoms with Gasteiger partial charge in [-0.15, -0.1) is 0 Å². The number of carbonyl (C=O) groups is 2. The molecule has 1 N–H and O–H groups in total. The quantitative estimate of drug-likeness (QED) is 0.596. The molecule has 13 heavy (non-hydrogen) atoms. The molecule has 5 nitrogen and oxygen atoms in total. The monoisotopic (exact) mass is 186 g/mol. The van der Waals surface area contributed by atoms with E-state index in [9.17, 15) is 9.59 Å². The SMILES string of the molecule is CC1(C)OCC(=O)/C(=C/C(=O)O)O1. The third-order valence-corrected chi connectivity index (χ3v) is 1.44. The number of carbonyl (C=O) groups excluding carboxylic acids is 1. The van der Waals surface area contributed by atoms with Crippen LogP contribution in [0.3, 0.4) is 0 Å². The molecule has 0 bridgehead atoms. The van der Waals surface area contributed by atoms with E-state index in [0.717, 1.165) is 6.08 Å². The van der Waals surface area contributed by atoms with Gasteiger partial charge in [-0.3, -0.25) is 4.79 Å². The van der Waals surface area contributed by atoms with Crippen LogP contribution in [0.2, 0.25) is 0 Å². The van der Waals surface area contributed by atoms with Crippen molar-refractivity contribution in [3.63, 3.8) is 0 Å². The average Bonchev–Trinajstić information content (AvgIpc) is 1.95. The fraction of sp³-hybridized carbons (Fsp3) is 0.500. The van der Waals surface area contributed by atoms with Gasteiger partial charge in [0.15, 0.2) is 5.76 Å². The summed E-state index contributed by atoms with van der Waals surface area (Å²) in [5.41, 5.74) is 0. The van der Waals surface area contributed by atoms with Crippen molar-refractivity contribution in [1.29, 1.82) is 0 Å². The molecule has 1 aliphatic rings. The Hall–Kier alpha value is -1.36. The number of rotatable bonds is 1. The van der Waals surface area contributed by atoms with Crippen LogP contribution < -0.4 is 0 Å². The van der Waals surface area contributed by atoms with Crippen molar-refractivity contribution in [3.05, 3.63) is 11.8 Å². The number of carboxylic acid groups (broad SMARTS) is 1. The summed E-state index contributed by atoms with van der Waals surface area (Å²) in [6, 6.07) is 0. The first-order valence-electron chi connectivity index (χ1n) is 3.71. The summed E-state index contributed by atoms with van der Waals surface area (Å²) in [4.78, 5) is 21.3. The van der Waals surface area contributed by atoms with E-state index in [1.165, 1.54) is 0 Å². The molecular formula is C8H10O5. The Balaban J connectivity index is 2.83. The summed E-state index contributed by atoms with van der Waals surface area (Å²) in [5, 5.41) is 8.40. The van der Waals surface area contributed by atoms with E-state index < -0.39 is 17.5 Å². The second-order valence-corrected chi connectivity index (χ2v) is 3.06. The first-order chi connectivity index (χ1) is 5.91. The molecular weight excluding hydrogens is 176 g/mol. The maximum absolute atomic E-state index is 11.0. The molecule has 0 amide bonds. The molecule has 72 valence electrons. The number of Topliss-reactive ketones (excluding diaryl/α,β-unsaturated/α-hetero) is 1. The van der Waals surface area contributed by atoms with Crippen molar-refractivity contribution in [2.24, 2.45) is 0 Å². The molecule has 1 fully saturated rings. The Labute approximate surface area is 74.9 Å². The van der Waals surface area contributed by atoms with E-state index in [1.807, 2.05) is 0 Å². The molecule has 1 saturated heterocycles. The van der Waals surface area contributed by atoms with Crippen molar-refractivity contribution in [2.75, 3.05) is 6.61 Å². The van der Waals surface area contributed by atoms with E-state index in [1.54, 1.807) is 13.8 Å². The normalized spacial score (nSPS) is 24.2. The fourth-order valence-corrected chi connectivity index (χ4v) is 0.884. The molecule has 0 saturated carbocycles. The Kier molecular flexibility index (Phi) is 2.38. The maximum Gasteiger partial charge on any atom is 0.332 e. The van der Waals surface area contributed by atoms with Gasteiger partial charge in [-0.1, -0.05) is 0 Å². The predicted octanol–water partition coefficient (Wildman–Crippen LogP) is 0.307. The van der Waals surface area contributed by atoms with Crippen LogP contribution in [-0.2, 0) is 19.1 Å². The highest BCUT2D eigenvalue weighted by Crippen LogP contribution is 2.22. The van der Waals surface area contributed by atoms with Crippen LogP contribution in [-0.4, -0.2) is 29.3 Å². The number of carboxylic acids is 1. The Morgan fingerprint density at radius 1 is 1.62 bits per heavy atom. The van der Waals surface area contributed by atoms with Crippen molar-refractivity contribution >= 4 is 11.8 Å². The standard InChI is InChI=1S/C8H10O5/c1-8(2)12-4-5(9)6(13-8)3-7(10)11/h3H,4H2,1-2H3,(H,10,11)/b6-3-. The molecule has 0 radical (unpaired) electrons. The van der Waals surface area contributed by atoms with Gasteiger partial charge >= 0.3 is 5.97 Å². The molecule has 0 spiro atoms. The number of hydrogen-bond donors (Lipinski definition) is 1. The molecule has 0 aliphatic carbocycles. The largest absolute Gasteiger partial charge is 0.478 e. The summed E-state index contributed by atoms with van der Waals surface area (Å²) in [6.45, 7) is 3.07. The Bertz CT molecular complexity index is 276. The van der Waals surface area contributed by atoms with E-state index >= 15 is 0 Å². The van der Waals surface area contributed by atoms with Gasteiger partial charge in [-0.25, -0.2) is 4.79 Å². The minimum atomic E-state index is -1.21. The van der Waals surface area contributed by atoms with Crippen LogP contribution in [0.15, 0.2) is 11.8 Å². The smallest absolute Gasteiger partial charge is 0.332 e. The zero-order valence-electron chi connectivity index (χ0n) is 7.36. The lowest BCUT2D eigenvalue weighted by Crippen LogP contribution is -2.38. The minimum Gasteiger partial charge on any atom is -0.478 e. The molecule has 0 aromatic heterocycles. The molecule has 1 heterocycles. The van der Waals surface area contributed by atoms with Gasteiger partial charge < -0.3 is 14.6 Å². The lowest BCUT2D eigenvalue weighted by Gasteiger charge is -2.31. The van der Waals surface area contributed by atoms with E-state index in [4.69, 9.17) is 14.6 Å². The molecule has 0 unspecified atom stereocenters. The van der Waals surface area contributed by atoms with E-state index in [2.05, 4.69) is 0 Å². The van der Waals surface area contributed by atoms with Gasteiger partial charge in [-0.2, -0.15) is 0 Å². The number of aliphatic carboxylic acids is 1. The fourth-order valence-electron chi connectivity index (χ4n) is 0.884. The van der Waals surface area contributed by atoms with E-state index in [-0.39, 0.29) is 12.4 Å². The van der Waals surface area contributed by atoms with Gasteiger partial charge in [0.1, 0.15) is 6.61 Å². The summed E-state index contributed by atoms with van der Waals surface area (Å²) in [6.07, 6.45) is 0.743. The average molecular weight is 186 g/mol. The van der Waals surface area contributed by atoms with Gasteiger partial charge in [0.05, 0.1) is 6.08 Å². The van der Waals surface area contributed by atoms with Crippen LogP contribution in [0.1, 0.15) is 13.8 Å². The maximum atomic E-state index is 11.0.